The zero-order chi connectivity index (χ0) is 23.1. The summed E-state index contributed by atoms with van der Waals surface area (Å²) >= 11 is 0. The number of allylic oxidation sites excluding steroid dienone is 1. The fraction of sp³-hybridized carbons (Fsp3) is 0.640. The van der Waals surface area contributed by atoms with E-state index in [9.17, 15) is 4.79 Å². The summed E-state index contributed by atoms with van der Waals surface area (Å²) in [6.07, 6.45) is 2.76. The summed E-state index contributed by atoms with van der Waals surface area (Å²) in [5, 5.41) is 2.23. The summed E-state index contributed by atoms with van der Waals surface area (Å²) in [6, 6.07) is 8.62. The standard InChI is InChI=1S/C25H36N2O4Si/c1-8-16-20(31-32(6,7)24(2,3)4)17-15-30-27-19-12-10-9-11-18(19)25(22(17)27)13-14-26(21(16)25)23(28)29-5/h8-12,17,20-22H,13-15H2,1-7H3/b16-8+. The van der Waals surface area contributed by atoms with Gasteiger partial charge in [-0.15, -0.1) is 0 Å². The van der Waals surface area contributed by atoms with Crippen molar-refractivity contribution in [3.8, 4) is 0 Å². The Kier molecular flexibility index (Phi) is 4.86. The Morgan fingerprint density at radius 1 is 1.28 bits per heavy atom. The predicted octanol–water partition coefficient (Wildman–Crippen LogP) is 4.87. The van der Waals surface area contributed by atoms with Crippen LogP contribution in [-0.4, -0.2) is 57.8 Å². The third-order valence-corrected chi connectivity index (χ3v) is 13.3. The van der Waals surface area contributed by atoms with Crippen molar-refractivity contribution in [1.82, 2.24) is 4.90 Å². The highest BCUT2D eigenvalue weighted by Gasteiger charge is 2.71. The number of carbonyl (C=O) groups excluding carboxylic acids is 1. The summed E-state index contributed by atoms with van der Waals surface area (Å²) in [6.45, 7) is 14.9. The molecule has 3 heterocycles. The molecule has 7 heteroatoms. The Hall–Kier alpha value is -1.83. The first-order valence-corrected chi connectivity index (χ1v) is 14.7. The van der Waals surface area contributed by atoms with Crippen LogP contribution in [-0.2, 0) is 19.4 Å². The van der Waals surface area contributed by atoms with Crippen LogP contribution in [0.4, 0.5) is 10.5 Å². The molecule has 5 rings (SSSR count). The smallest absolute Gasteiger partial charge is 0.410 e. The van der Waals surface area contributed by atoms with Crippen molar-refractivity contribution >= 4 is 20.1 Å². The number of ether oxygens (including phenoxy) is 1. The molecule has 1 aromatic carbocycles. The first kappa shape index (κ1) is 22.0. The number of anilines is 1. The number of hydrogen-bond acceptors (Lipinski definition) is 5. The molecule has 32 heavy (non-hydrogen) atoms. The minimum atomic E-state index is -2.07. The Morgan fingerprint density at radius 2 is 2.00 bits per heavy atom. The monoisotopic (exact) mass is 456 g/mol. The van der Waals surface area contributed by atoms with Gasteiger partial charge in [0.25, 0.3) is 0 Å². The van der Waals surface area contributed by atoms with Crippen LogP contribution in [0.3, 0.4) is 0 Å². The molecule has 0 N–H and O–H groups in total. The number of hydroxylamine groups is 1. The molecule has 2 saturated heterocycles. The molecule has 1 aliphatic carbocycles. The molecule has 1 amide bonds. The SMILES string of the molecule is C/C=C1\C(O[Si](C)(C)C(C)(C)C)C2CON3c4ccccc4C4(CCN(C(=O)OC)C14)C23. The van der Waals surface area contributed by atoms with Gasteiger partial charge in [0.2, 0.25) is 0 Å². The lowest BCUT2D eigenvalue weighted by molar-refractivity contribution is 0.0574. The summed E-state index contributed by atoms with van der Waals surface area (Å²) in [4.78, 5) is 21.3. The molecule has 5 atom stereocenters. The van der Waals surface area contributed by atoms with Crippen LogP contribution in [0.15, 0.2) is 35.9 Å². The van der Waals surface area contributed by atoms with E-state index in [1.165, 1.54) is 18.2 Å². The summed E-state index contributed by atoms with van der Waals surface area (Å²) in [7, 11) is -0.589. The van der Waals surface area contributed by atoms with Gasteiger partial charge >= 0.3 is 6.09 Å². The van der Waals surface area contributed by atoms with Crippen LogP contribution in [0, 0.1) is 5.92 Å². The molecule has 174 valence electrons. The van der Waals surface area contributed by atoms with E-state index in [4.69, 9.17) is 14.0 Å². The minimum Gasteiger partial charge on any atom is -0.453 e. The minimum absolute atomic E-state index is 0.0754. The lowest BCUT2D eigenvalue weighted by atomic mass is 9.59. The largest absolute Gasteiger partial charge is 0.453 e. The van der Waals surface area contributed by atoms with Gasteiger partial charge in [-0.05, 0) is 48.7 Å². The van der Waals surface area contributed by atoms with Crippen molar-refractivity contribution in [1.29, 1.82) is 0 Å². The Bertz CT molecular complexity index is 971. The first-order valence-electron chi connectivity index (χ1n) is 11.8. The molecule has 0 aromatic heterocycles. The maximum atomic E-state index is 13.0. The zero-order valence-corrected chi connectivity index (χ0v) is 21.3. The third-order valence-electron chi connectivity index (χ3n) is 8.80. The lowest BCUT2D eigenvalue weighted by Gasteiger charge is -2.52. The summed E-state index contributed by atoms with van der Waals surface area (Å²) in [5.74, 6) is 0.219. The van der Waals surface area contributed by atoms with E-state index in [1.54, 1.807) is 0 Å². The van der Waals surface area contributed by atoms with E-state index >= 15 is 0 Å². The second kappa shape index (κ2) is 7.08. The Labute approximate surface area is 192 Å². The van der Waals surface area contributed by atoms with E-state index in [2.05, 4.69) is 76.2 Å². The summed E-state index contributed by atoms with van der Waals surface area (Å²) in [5.41, 5.74) is 3.43. The average molecular weight is 457 g/mol. The van der Waals surface area contributed by atoms with Gasteiger partial charge in [0, 0.05) is 17.9 Å². The van der Waals surface area contributed by atoms with Gasteiger partial charge in [-0.2, -0.15) is 0 Å². The Balaban J connectivity index is 1.69. The van der Waals surface area contributed by atoms with Gasteiger partial charge < -0.3 is 14.1 Å². The number of benzene rings is 1. The maximum absolute atomic E-state index is 13.0. The van der Waals surface area contributed by atoms with Gasteiger partial charge in [-0.1, -0.05) is 45.0 Å². The second-order valence-electron chi connectivity index (χ2n) is 11.2. The van der Waals surface area contributed by atoms with E-state index < -0.39 is 8.32 Å². The molecule has 0 radical (unpaired) electrons. The van der Waals surface area contributed by atoms with Crippen molar-refractivity contribution in [2.75, 3.05) is 25.3 Å². The van der Waals surface area contributed by atoms with Crippen molar-refractivity contribution < 1.29 is 18.8 Å². The van der Waals surface area contributed by atoms with E-state index in [0.717, 1.165) is 12.1 Å². The fourth-order valence-corrected chi connectivity index (χ4v) is 7.70. The highest BCUT2D eigenvalue weighted by atomic mass is 28.4. The van der Waals surface area contributed by atoms with Crippen LogP contribution < -0.4 is 5.06 Å². The number of nitrogens with zero attached hydrogens (tertiary/aromatic N) is 2. The second-order valence-corrected chi connectivity index (χ2v) is 15.9. The molecular formula is C25H36N2O4Si. The number of hydrogen-bond donors (Lipinski definition) is 0. The molecule has 3 aliphatic heterocycles. The average Bonchev–Trinajstić information content (AvgIpc) is 3.42. The number of fused-ring (bicyclic) bond motifs is 2. The number of methoxy groups -OCH3 is 1. The number of amides is 1. The topological polar surface area (TPSA) is 51.2 Å². The van der Waals surface area contributed by atoms with Crippen molar-refractivity contribution in [2.45, 2.75) is 75.9 Å². The molecule has 3 fully saturated rings. The van der Waals surface area contributed by atoms with Crippen LogP contribution in [0.2, 0.25) is 18.1 Å². The van der Waals surface area contributed by atoms with Crippen LogP contribution >= 0.6 is 0 Å². The van der Waals surface area contributed by atoms with Gasteiger partial charge in [0.05, 0.1) is 37.6 Å². The Morgan fingerprint density at radius 3 is 2.66 bits per heavy atom. The quantitative estimate of drug-likeness (QED) is 0.470. The first-order chi connectivity index (χ1) is 15.1. The van der Waals surface area contributed by atoms with Crippen LogP contribution in [0.1, 0.15) is 39.7 Å². The molecule has 1 aromatic rings. The number of para-hydroxylation sites is 1. The molecule has 0 bridgehead atoms. The molecule has 1 saturated carbocycles. The van der Waals surface area contributed by atoms with Crippen molar-refractivity contribution in [3.63, 3.8) is 0 Å². The van der Waals surface area contributed by atoms with Gasteiger partial charge in [-0.25, -0.2) is 9.86 Å². The van der Waals surface area contributed by atoms with E-state index in [1.807, 2.05) is 4.90 Å². The highest BCUT2D eigenvalue weighted by Crippen LogP contribution is 2.63. The molecule has 4 aliphatic rings. The fourth-order valence-electron chi connectivity index (χ4n) is 6.40. The van der Waals surface area contributed by atoms with E-state index in [-0.39, 0.29) is 40.7 Å². The van der Waals surface area contributed by atoms with Gasteiger partial charge in [0.1, 0.15) is 0 Å². The van der Waals surface area contributed by atoms with Crippen LogP contribution in [0.25, 0.3) is 0 Å². The number of likely N-dealkylation sites (tertiary alicyclic amines) is 1. The molecular weight excluding hydrogens is 420 g/mol. The molecule has 5 unspecified atom stereocenters. The predicted molar refractivity (Wildman–Crippen MR) is 127 cm³/mol. The highest BCUT2D eigenvalue weighted by molar-refractivity contribution is 6.74. The zero-order valence-electron chi connectivity index (χ0n) is 20.3. The van der Waals surface area contributed by atoms with Gasteiger partial charge in [-0.3, -0.25) is 4.84 Å². The summed E-state index contributed by atoms with van der Waals surface area (Å²) < 4.78 is 12.4. The van der Waals surface area contributed by atoms with Crippen molar-refractivity contribution in [3.05, 3.63) is 41.5 Å². The van der Waals surface area contributed by atoms with Gasteiger partial charge in [0.15, 0.2) is 8.32 Å². The lowest BCUT2D eigenvalue weighted by Crippen LogP contribution is -2.64. The number of rotatable bonds is 2. The molecule has 6 nitrogen and oxygen atoms in total. The maximum Gasteiger partial charge on any atom is 0.410 e. The third kappa shape index (κ3) is 2.67. The normalized spacial score (nSPS) is 34.5. The van der Waals surface area contributed by atoms with Crippen LogP contribution in [0.5, 0.6) is 0 Å². The number of carbonyl (C=O) groups is 1. The van der Waals surface area contributed by atoms with E-state index in [0.29, 0.717) is 13.2 Å². The molecule has 1 spiro atoms. The van der Waals surface area contributed by atoms with Crippen molar-refractivity contribution in [2.24, 2.45) is 5.92 Å².